The first-order valence-corrected chi connectivity index (χ1v) is 14.8. The summed E-state index contributed by atoms with van der Waals surface area (Å²) >= 11 is 0. The highest BCUT2D eigenvalue weighted by atomic mass is 32.2. The molecule has 3 heterocycles. The van der Waals surface area contributed by atoms with E-state index in [9.17, 15) is 32.7 Å². The lowest BCUT2D eigenvalue weighted by atomic mass is 9.97. The van der Waals surface area contributed by atoms with Gasteiger partial charge in [-0.1, -0.05) is 48.6 Å². The van der Waals surface area contributed by atoms with Gasteiger partial charge in [0.2, 0.25) is 28.1 Å². The summed E-state index contributed by atoms with van der Waals surface area (Å²) in [6, 6.07) is 8.65. The fraction of sp³-hybridized carbons (Fsp3) is 0.407. The van der Waals surface area contributed by atoms with Gasteiger partial charge in [0, 0.05) is 24.7 Å². The van der Waals surface area contributed by atoms with E-state index >= 15 is 0 Å². The number of carbonyl (C=O) groups is 4. The Morgan fingerprint density at radius 3 is 2.45 bits per heavy atom. The molecule has 3 amide bonds. The molecular weight excluding hydrogens is 540 g/mol. The zero-order valence-electron chi connectivity index (χ0n) is 21.7. The number of hydrogen-bond acceptors (Lipinski definition) is 8. The van der Waals surface area contributed by atoms with Crippen molar-refractivity contribution in [3.8, 4) is 0 Å². The van der Waals surface area contributed by atoms with E-state index in [-0.39, 0.29) is 25.9 Å². The van der Waals surface area contributed by atoms with Crippen molar-refractivity contribution in [1.82, 2.24) is 19.8 Å². The van der Waals surface area contributed by atoms with Gasteiger partial charge in [-0.2, -0.15) is 4.31 Å². The summed E-state index contributed by atoms with van der Waals surface area (Å²) in [7, 11) is -3.72. The molecule has 0 bridgehead atoms. The van der Waals surface area contributed by atoms with E-state index in [1.807, 2.05) is 30.3 Å². The molecule has 12 nitrogen and oxygen atoms in total. The number of nitrogens with zero attached hydrogens (tertiary/aromatic N) is 2. The quantitative estimate of drug-likeness (QED) is 0.331. The molecule has 0 aliphatic carbocycles. The number of nitrogens with one attached hydrogen (secondary N) is 2. The molecule has 13 heteroatoms. The molecule has 212 valence electrons. The number of esters is 1. The van der Waals surface area contributed by atoms with Gasteiger partial charge in [0.25, 0.3) is 5.91 Å². The predicted octanol–water partition coefficient (Wildman–Crippen LogP) is -0.121. The highest BCUT2D eigenvalue weighted by Gasteiger charge is 2.47. The van der Waals surface area contributed by atoms with E-state index in [2.05, 4.69) is 10.6 Å². The Bertz CT molecular complexity index is 1490. The number of piperazine rings is 1. The van der Waals surface area contributed by atoms with E-state index < -0.39 is 64.2 Å². The first kappa shape index (κ1) is 27.7. The smallest absolute Gasteiger partial charge is 0.310 e. The molecule has 0 radical (unpaired) electrons. The van der Waals surface area contributed by atoms with Crippen LogP contribution in [0.5, 0.6) is 0 Å². The van der Waals surface area contributed by atoms with Gasteiger partial charge in [0.05, 0.1) is 12.7 Å². The summed E-state index contributed by atoms with van der Waals surface area (Å²) in [4.78, 5) is 53.7. The summed E-state index contributed by atoms with van der Waals surface area (Å²) < 4.78 is 30.8. The van der Waals surface area contributed by atoms with Crippen LogP contribution in [0.25, 0.3) is 10.8 Å². The second-order valence-electron chi connectivity index (χ2n) is 10.2. The summed E-state index contributed by atoms with van der Waals surface area (Å²) in [6.45, 7) is -0.353. The van der Waals surface area contributed by atoms with Crippen LogP contribution in [-0.2, 0) is 29.1 Å². The van der Waals surface area contributed by atoms with Gasteiger partial charge in [0.15, 0.2) is 0 Å². The number of sulfonamides is 1. The molecule has 40 heavy (non-hydrogen) atoms. The molecule has 2 aromatic rings. The van der Waals surface area contributed by atoms with E-state index in [0.717, 1.165) is 21.3 Å². The van der Waals surface area contributed by atoms with Gasteiger partial charge in [-0.25, -0.2) is 8.42 Å². The van der Waals surface area contributed by atoms with Crippen molar-refractivity contribution in [2.45, 2.75) is 49.7 Å². The van der Waals surface area contributed by atoms with E-state index in [1.165, 1.54) is 4.90 Å². The van der Waals surface area contributed by atoms with Crippen LogP contribution in [0.4, 0.5) is 0 Å². The van der Waals surface area contributed by atoms with Crippen LogP contribution in [0.1, 0.15) is 29.6 Å². The Kier molecular flexibility index (Phi) is 7.62. The van der Waals surface area contributed by atoms with Gasteiger partial charge < -0.3 is 25.4 Å². The second kappa shape index (κ2) is 11.0. The number of aliphatic hydroxyl groups excluding tert-OH is 1. The normalized spacial score (nSPS) is 28.2. The Morgan fingerprint density at radius 2 is 1.73 bits per heavy atom. The molecule has 5 rings (SSSR count). The number of aliphatic hydroxyl groups is 1. The standard InChI is InChI=1S/C27H30N4O8S/c1-40(37,38)30-14-17-9-3-5-12-20(28-24(33)19-11-6-8-16-7-2-4-10-18(16)19)26(35)31(17)22(15-30)25(34)29-21-13-23(32)39-27(21)36/h2-8,10-11,17,20-22,27,36H,9,12-15H2,1H3,(H,28,33)(H,29,34)/b5-3-/t17-,20-,21?,22-,27?/m0/s1. The number of hydrogen-bond donors (Lipinski definition) is 3. The molecule has 0 aromatic heterocycles. The van der Waals surface area contributed by atoms with Crippen molar-refractivity contribution < 1.29 is 37.4 Å². The number of amides is 3. The molecule has 0 spiro atoms. The molecule has 2 unspecified atom stereocenters. The van der Waals surface area contributed by atoms with Crippen LogP contribution in [0, 0.1) is 0 Å². The maximum Gasteiger partial charge on any atom is 0.310 e. The molecule has 2 fully saturated rings. The Labute approximate surface area is 231 Å². The third-order valence-electron chi connectivity index (χ3n) is 7.44. The lowest BCUT2D eigenvalue weighted by Crippen LogP contribution is -2.68. The van der Waals surface area contributed by atoms with Crippen LogP contribution in [0.2, 0.25) is 0 Å². The Morgan fingerprint density at radius 1 is 1.00 bits per heavy atom. The van der Waals surface area contributed by atoms with Crippen LogP contribution in [0.15, 0.2) is 54.6 Å². The van der Waals surface area contributed by atoms with Crippen molar-refractivity contribution in [2.24, 2.45) is 0 Å². The number of rotatable bonds is 5. The monoisotopic (exact) mass is 570 g/mol. The molecular formula is C27H30N4O8S. The fourth-order valence-corrected chi connectivity index (χ4v) is 6.28. The minimum atomic E-state index is -3.72. The number of fused-ring (bicyclic) bond motifs is 2. The van der Waals surface area contributed by atoms with Gasteiger partial charge >= 0.3 is 5.97 Å². The minimum Gasteiger partial charge on any atom is -0.434 e. The van der Waals surface area contributed by atoms with Gasteiger partial charge in [0.1, 0.15) is 18.1 Å². The number of cyclic esters (lactones) is 1. The lowest BCUT2D eigenvalue weighted by molar-refractivity contribution is -0.156. The second-order valence-corrected chi connectivity index (χ2v) is 12.2. The number of benzene rings is 2. The minimum absolute atomic E-state index is 0.0314. The van der Waals surface area contributed by atoms with E-state index in [4.69, 9.17) is 4.74 Å². The summed E-state index contributed by atoms with van der Waals surface area (Å²) in [5.41, 5.74) is 0.393. The van der Waals surface area contributed by atoms with Crippen molar-refractivity contribution in [1.29, 1.82) is 0 Å². The summed E-state index contributed by atoms with van der Waals surface area (Å²) in [6.07, 6.45) is 3.23. The summed E-state index contributed by atoms with van der Waals surface area (Å²) in [5, 5.41) is 16.9. The topological polar surface area (TPSA) is 162 Å². The Balaban J connectivity index is 1.44. The predicted molar refractivity (Wildman–Crippen MR) is 143 cm³/mol. The van der Waals surface area contributed by atoms with Crippen molar-refractivity contribution in [2.75, 3.05) is 19.3 Å². The van der Waals surface area contributed by atoms with Crippen LogP contribution < -0.4 is 10.6 Å². The SMILES string of the molecule is CS(=O)(=O)N1C[C@@H]2C/C=C\C[C@H](NC(=O)c3cccc4ccccc34)C(=O)N2[C@H](C(=O)NC2CC(=O)OC2O)C1. The first-order valence-electron chi connectivity index (χ1n) is 12.9. The maximum atomic E-state index is 14.0. The van der Waals surface area contributed by atoms with E-state index in [1.54, 1.807) is 24.3 Å². The third-order valence-corrected chi connectivity index (χ3v) is 8.68. The largest absolute Gasteiger partial charge is 0.434 e. The van der Waals surface area contributed by atoms with E-state index in [0.29, 0.717) is 12.0 Å². The van der Waals surface area contributed by atoms with Crippen molar-refractivity contribution >= 4 is 44.5 Å². The van der Waals surface area contributed by atoms with Crippen molar-refractivity contribution in [3.63, 3.8) is 0 Å². The van der Waals surface area contributed by atoms with Crippen LogP contribution >= 0.6 is 0 Å². The first-order chi connectivity index (χ1) is 19.0. The molecule has 3 N–H and O–H groups in total. The molecule has 3 aliphatic heterocycles. The number of ether oxygens (including phenoxy) is 1. The maximum absolute atomic E-state index is 14.0. The average Bonchev–Trinajstić information content (AvgIpc) is 3.23. The average molecular weight is 571 g/mol. The summed E-state index contributed by atoms with van der Waals surface area (Å²) in [5.74, 6) is -2.42. The zero-order chi connectivity index (χ0) is 28.6. The van der Waals surface area contributed by atoms with Crippen LogP contribution in [-0.4, -0.2) is 96.2 Å². The Hall–Kier alpha value is -3.81. The molecule has 3 aliphatic rings. The zero-order valence-corrected chi connectivity index (χ0v) is 22.5. The molecule has 2 aromatic carbocycles. The third kappa shape index (κ3) is 5.58. The number of carbonyl (C=O) groups excluding carboxylic acids is 4. The van der Waals surface area contributed by atoms with Crippen LogP contribution in [0.3, 0.4) is 0 Å². The van der Waals surface area contributed by atoms with Crippen molar-refractivity contribution in [3.05, 3.63) is 60.2 Å². The van der Waals surface area contributed by atoms with Gasteiger partial charge in [-0.05, 0) is 29.7 Å². The molecule has 0 saturated carbocycles. The highest BCUT2D eigenvalue weighted by molar-refractivity contribution is 7.88. The van der Waals surface area contributed by atoms with Gasteiger partial charge in [-0.3, -0.25) is 19.2 Å². The highest BCUT2D eigenvalue weighted by Crippen LogP contribution is 2.26. The van der Waals surface area contributed by atoms with Gasteiger partial charge in [-0.15, -0.1) is 0 Å². The molecule has 5 atom stereocenters. The lowest BCUT2D eigenvalue weighted by Gasteiger charge is -2.46. The fourth-order valence-electron chi connectivity index (χ4n) is 5.43. The molecule has 2 saturated heterocycles.